The molecule has 0 aliphatic carbocycles. The molecule has 0 bridgehead atoms. The Hall–Kier alpha value is -4.26. The van der Waals surface area contributed by atoms with Gasteiger partial charge in [-0.25, -0.2) is 4.68 Å². The van der Waals surface area contributed by atoms with E-state index in [9.17, 15) is 4.79 Å². The zero-order valence-electron chi connectivity index (χ0n) is 15.9. The molecule has 0 spiro atoms. The van der Waals surface area contributed by atoms with Crippen LogP contribution in [0.1, 0.15) is 10.4 Å². The van der Waals surface area contributed by atoms with Crippen LogP contribution in [-0.4, -0.2) is 37.6 Å². The minimum atomic E-state index is -0.0980. The highest BCUT2D eigenvalue weighted by molar-refractivity contribution is 6.13. The number of hydrogen-bond acceptors (Lipinski definition) is 5. The number of H-pyrrole nitrogens is 1. The summed E-state index contributed by atoms with van der Waals surface area (Å²) in [6, 6.07) is 24.9. The van der Waals surface area contributed by atoms with Crippen molar-refractivity contribution in [2.24, 2.45) is 0 Å². The largest absolute Gasteiger partial charge is 0.485 e. The smallest absolute Gasteiger partial charge is 0.202 e. The quantitative estimate of drug-likeness (QED) is 0.438. The number of hydrogen-bond donors (Lipinski definition) is 1. The summed E-state index contributed by atoms with van der Waals surface area (Å²) in [5.41, 5.74) is 4.06. The molecule has 146 valence electrons. The van der Waals surface area contributed by atoms with Gasteiger partial charge in [0, 0.05) is 17.0 Å². The monoisotopic (exact) mass is 395 g/mol. The molecule has 7 heteroatoms. The van der Waals surface area contributed by atoms with Crippen LogP contribution < -0.4 is 4.74 Å². The van der Waals surface area contributed by atoms with Gasteiger partial charge in [-0.1, -0.05) is 54.6 Å². The molecule has 0 saturated carbocycles. The van der Waals surface area contributed by atoms with Crippen LogP contribution in [0.2, 0.25) is 0 Å². The summed E-state index contributed by atoms with van der Waals surface area (Å²) >= 11 is 0. The number of tetrazole rings is 1. The van der Waals surface area contributed by atoms with Gasteiger partial charge in [0.2, 0.25) is 5.78 Å². The van der Waals surface area contributed by atoms with E-state index in [0.29, 0.717) is 11.3 Å². The van der Waals surface area contributed by atoms with Crippen molar-refractivity contribution in [3.63, 3.8) is 0 Å². The zero-order chi connectivity index (χ0) is 20.3. The van der Waals surface area contributed by atoms with Crippen LogP contribution in [0, 0.1) is 0 Å². The van der Waals surface area contributed by atoms with Crippen molar-refractivity contribution in [1.82, 2.24) is 25.2 Å². The van der Waals surface area contributed by atoms with Crippen molar-refractivity contribution in [2.75, 3.05) is 6.61 Å². The van der Waals surface area contributed by atoms with Crippen LogP contribution in [0.5, 0.6) is 5.75 Å². The number of rotatable bonds is 6. The Morgan fingerprint density at radius 1 is 0.967 bits per heavy atom. The number of nitrogens with one attached hydrogen (secondary N) is 1. The fourth-order valence-electron chi connectivity index (χ4n) is 3.47. The van der Waals surface area contributed by atoms with E-state index in [1.54, 1.807) is 12.1 Å². The number of Topliss-reactive ketones (excluding diaryl/α,β-unsaturated/α-hetero) is 1. The number of benzene rings is 3. The summed E-state index contributed by atoms with van der Waals surface area (Å²) in [7, 11) is 0. The summed E-state index contributed by atoms with van der Waals surface area (Å²) in [5, 5.41) is 12.0. The molecule has 1 N–H and O–H groups in total. The molecule has 5 aromatic rings. The van der Waals surface area contributed by atoms with Crippen molar-refractivity contribution < 1.29 is 9.53 Å². The molecular formula is C23H17N5O2. The average molecular weight is 395 g/mol. The lowest BCUT2D eigenvalue weighted by Gasteiger charge is -2.08. The summed E-state index contributed by atoms with van der Waals surface area (Å²) in [6.45, 7) is -0.0826. The second kappa shape index (κ2) is 7.63. The van der Waals surface area contributed by atoms with Gasteiger partial charge in [0.05, 0.1) is 16.9 Å². The van der Waals surface area contributed by atoms with Crippen LogP contribution in [0.3, 0.4) is 0 Å². The van der Waals surface area contributed by atoms with E-state index >= 15 is 0 Å². The summed E-state index contributed by atoms with van der Waals surface area (Å²) < 4.78 is 7.35. The molecule has 0 radical (unpaired) electrons. The summed E-state index contributed by atoms with van der Waals surface area (Å²) in [4.78, 5) is 16.6. The Balaban J connectivity index is 1.45. The second-order valence-corrected chi connectivity index (χ2v) is 6.75. The van der Waals surface area contributed by atoms with E-state index in [-0.39, 0.29) is 12.4 Å². The Morgan fingerprint density at radius 3 is 2.63 bits per heavy atom. The highest BCUT2D eigenvalue weighted by Crippen LogP contribution is 2.31. The van der Waals surface area contributed by atoms with Gasteiger partial charge in [-0.05, 0) is 34.2 Å². The summed E-state index contributed by atoms with van der Waals surface area (Å²) in [6.07, 6.45) is 1.50. The first kappa shape index (κ1) is 17.8. The number of nitrogens with zero attached hydrogens (tertiary/aromatic N) is 4. The molecule has 0 unspecified atom stereocenters. The summed E-state index contributed by atoms with van der Waals surface area (Å²) in [5.74, 6) is 0.469. The van der Waals surface area contributed by atoms with Gasteiger partial charge in [0.1, 0.15) is 12.1 Å². The van der Waals surface area contributed by atoms with Crippen molar-refractivity contribution in [3.8, 4) is 22.7 Å². The van der Waals surface area contributed by atoms with E-state index in [1.165, 1.54) is 11.0 Å². The lowest BCUT2D eigenvalue weighted by atomic mass is 10.0. The van der Waals surface area contributed by atoms with Crippen LogP contribution in [0.25, 0.3) is 27.8 Å². The van der Waals surface area contributed by atoms with Gasteiger partial charge in [0.25, 0.3) is 0 Å². The first-order valence-corrected chi connectivity index (χ1v) is 9.45. The number of aromatic nitrogens is 5. The highest BCUT2D eigenvalue weighted by Gasteiger charge is 2.20. The molecule has 2 heterocycles. The fourth-order valence-corrected chi connectivity index (χ4v) is 3.47. The Morgan fingerprint density at radius 2 is 1.80 bits per heavy atom. The molecule has 5 rings (SSSR count). The molecule has 30 heavy (non-hydrogen) atoms. The number of carbonyl (C=O) groups excluding carboxylic acids is 1. The number of carbonyl (C=O) groups is 1. The standard InChI is InChI=1S/C23H17N5O2/c29-21(14-30-18-10-6-9-17(13-18)28-15-24-26-27-28)22-19-11-4-5-12-20(19)25-23(22)16-7-2-1-3-8-16/h1-13,15,25H,14H2. The number of fused-ring (bicyclic) bond motifs is 1. The molecular weight excluding hydrogens is 378 g/mol. The molecule has 0 fully saturated rings. The molecule has 0 aliphatic heterocycles. The molecule has 0 aliphatic rings. The van der Waals surface area contributed by atoms with E-state index in [0.717, 1.165) is 27.8 Å². The number of aromatic amines is 1. The lowest BCUT2D eigenvalue weighted by molar-refractivity contribution is 0.0924. The first-order valence-electron chi connectivity index (χ1n) is 9.45. The van der Waals surface area contributed by atoms with Crippen molar-refractivity contribution in [3.05, 3.63) is 90.8 Å². The van der Waals surface area contributed by atoms with Gasteiger partial charge in [-0.15, -0.1) is 5.10 Å². The van der Waals surface area contributed by atoms with Gasteiger partial charge in [0.15, 0.2) is 6.61 Å². The molecule has 0 saturated heterocycles. The van der Waals surface area contributed by atoms with E-state index in [4.69, 9.17) is 4.74 Å². The van der Waals surface area contributed by atoms with Gasteiger partial charge in [-0.3, -0.25) is 4.79 Å². The third-order valence-corrected chi connectivity index (χ3v) is 4.85. The molecule has 3 aromatic carbocycles. The van der Waals surface area contributed by atoms with Crippen LogP contribution >= 0.6 is 0 Å². The SMILES string of the molecule is O=C(COc1cccc(-n2cnnn2)c1)c1c(-c2ccccc2)[nH]c2ccccc12. The van der Waals surface area contributed by atoms with Crippen molar-refractivity contribution in [1.29, 1.82) is 0 Å². The van der Waals surface area contributed by atoms with Crippen LogP contribution in [-0.2, 0) is 0 Å². The van der Waals surface area contributed by atoms with Crippen molar-refractivity contribution >= 4 is 16.7 Å². The third kappa shape index (κ3) is 3.33. The Labute approximate surface area is 171 Å². The highest BCUT2D eigenvalue weighted by atomic mass is 16.5. The average Bonchev–Trinajstić information content (AvgIpc) is 3.46. The molecule has 7 nitrogen and oxygen atoms in total. The Kier molecular flexibility index (Phi) is 4.53. The predicted octanol–water partition coefficient (Wildman–Crippen LogP) is 4.07. The number of ether oxygens (including phenoxy) is 1. The predicted molar refractivity (Wildman–Crippen MR) is 113 cm³/mol. The molecule has 2 aromatic heterocycles. The number of ketones is 1. The van der Waals surface area contributed by atoms with Gasteiger partial charge < -0.3 is 9.72 Å². The maximum Gasteiger partial charge on any atom is 0.202 e. The zero-order valence-corrected chi connectivity index (χ0v) is 15.9. The van der Waals surface area contributed by atoms with E-state index in [2.05, 4.69) is 20.5 Å². The topological polar surface area (TPSA) is 85.7 Å². The minimum absolute atomic E-state index is 0.0826. The van der Waals surface area contributed by atoms with E-state index < -0.39 is 0 Å². The van der Waals surface area contributed by atoms with Crippen molar-refractivity contribution in [2.45, 2.75) is 0 Å². The van der Waals surface area contributed by atoms with Crippen LogP contribution in [0.4, 0.5) is 0 Å². The first-order chi connectivity index (χ1) is 14.8. The Bertz CT molecular complexity index is 1310. The molecule has 0 atom stereocenters. The second-order valence-electron chi connectivity index (χ2n) is 6.75. The number of para-hydroxylation sites is 1. The van der Waals surface area contributed by atoms with Gasteiger partial charge in [-0.2, -0.15) is 0 Å². The van der Waals surface area contributed by atoms with Gasteiger partial charge >= 0.3 is 0 Å². The van der Waals surface area contributed by atoms with Crippen LogP contribution in [0.15, 0.2) is 85.2 Å². The lowest BCUT2D eigenvalue weighted by Crippen LogP contribution is -2.12. The normalized spacial score (nSPS) is 10.9. The fraction of sp³-hybridized carbons (Fsp3) is 0.0435. The minimum Gasteiger partial charge on any atom is -0.485 e. The third-order valence-electron chi connectivity index (χ3n) is 4.85. The molecule has 0 amide bonds. The maximum atomic E-state index is 13.2. The van der Waals surface area contributed by atoms with E-state index in [1.807, 2.05) is 66.7 Å². The maximum absolute atomic E-state index is 13.2.